The van der Waals surface area contributed by atoms with Crippen LogP contribution in [0, 0.1) is 5.92 Å². The molecule has 6 nitrogen and oxygen atoms in total. The number of rotatable bonds is 4. The summed E-state index contributed by atoms with van der Waals surface area (Å²) in [5, 5.41) is 6.87. The molecule has 1 aromatic carbocycles. The van der Waals surface area contributed by atoms with Gasteiger partial charge in [0.05, 0.1) is 36.8 Å². The summed E-state index contributed by atoms with van der Waals surface area (Å²) in [6.07, 6.45) is 1.11. The fourth-order valence-corrected chi connectivity index (χ4v) is 3.87. The minimum atomic E-state index is 0.0596. The van der Waals surface area contributed by atoms with E-state index in [-0.39, 0.29) is 11.9 Å². The molecule has 0 aliphatic carbocycles. The predicted octanol–water partition coefficient (Wildman–Crippen LogP) is 2.22. The van der Waals surface area contributed by atoms with Gasteiger partial charge in [0, 0.05) is 42.9 Å². The van der Waals surface area contributed by atoms with Gasteiger partial charge in [-0.1, -0.05) is 0 Å². The van der Waals surface area contributed by atoms with Crippen molar-refractivity contribution in [3.63, 3.8) is 0 Å². The molecule has 1 atom stereocenters. The monoisotopic (exact) mass is 357 g/mol. The minimum absolute atomic E-state index is 0.0596. The fraction of sp³-hybridized carbons (Fsp3) is 0.550. The van der Waals surface area contributed by atoms with Crippen molar-refractivity contribution in [2.45, 2.75) is 26.3 Å². The van der Waals surface area contributed by atoms with Crippen LogP contribution in [0.25, 0.3) is 5.57 Å². The molecule has 0 saturated carbocycles. The Kier molecular flexibility index (Phi) is 4.87. The molecule has 0 radical (unpaired) electrons. The van der Waals surface area contributed by atoms with Crippen LogP contribution >= 0.6 is 0 Å². The largest absolute Gasteiger partial charge is 0.385 e. The lowest BCUT2D eigenvalue weighted by atomic mass is 10.0. The Balaban J connectivity index is 1.66. The SMILES string of the molecule is CC(C)N1C(=O)/C(=C2/COCCN2)c2cc(NCC3CCOC3)ccc21. The topological polar surface area (TPSA) is 62.8 Å². The quantitative estimate of drug-likeness (QED) is 0.809. The molecular formula is C20H27N3O3. The number of anilines is 2. The van der Waals surface area contributed by atoms with Crippen LogP contribution in [0.1, 0.15) is 25.8 Å². The van der Waals surface area contributed by atoms with E-state index in [1.165, 1.54) is 0 Å². The maximum atomic E-state index is 13.1. The van der Waals surface area contributed by atoms with E-state index in [2.05, 4.69) is 28.8 Å². The maximum Gasteiger partial charge on any atom is 0.261 e. The Labute approximate surface area is 154 Å². The van der Waals surface area contributed by atoms with Gasteiger partial charge in [0.2, 0.25) is 0 Å². The Morgan fingerprint density at radius 1 is 1.31 bits per heavy atom. The number of hydrogen-bond acceptors (Lipinski definition) is 5. The maximum absolute atomic E-state index is 13.1. The van der Waals surface area contributed by atoms with E-state index in [1.54, 1.807) is 0 Å². The van der Waals surface area contributed by atoms with Crippen molar-refractivity contribution >= 4 is 22.9 Å². The van der Waals surface area contributed by atoms with Crippen LogP contribution in [0.3, 0.4) is 0 Å². The van der Waals surface area contributed by atoms with Gasteiger partial charge >= 0.3 is 0 Å². The van der Waals surface area contributed by atoms with Gasteiger partial charge in [-0.2, -0.15) is 0 Å². The molecule has 140 valence electrons. The molecule has 26 heavy (non-hydrogen) atoms. The third-order valence-corrected chi connectivity index (χ3v) is 5.23. The van der Waals surface area contributed by atoms with E-state index in [0.717, 1.165) is 60.9 Å². The summed E-state index contributed by atoms with van der Waals surface area (Å²) in [7, 11) is 0. The summed E-state index contributed by atoms with van der Waals surface area (Å²) >= 11 is 0. The van der Waals surface area contributed by atoms with E-state index in [1.807, 2.05) is 18.7 Å². The van der Waals surface area contributed by atoms with E-state index in [4.69, 9.17) is 9.47 Å². The second-order valence-corrected chi connectivity index (χ2v) is 7.44. The average Bonchev–Trinajstić information content (AvgIpc) is 3.25. The third-order valence-electron chi connectivity index (χ3n) is 5.23. The zero-order valence-corrected chi connectivity index (χ0v) is 15.5. The molecule has 3 aliphatic heterocycles. The molecule has 6 heteroatoms. The predicted molar refractivity (Wildman–Crippen MR) is 102 cm³/mol. The van der Waals surface area contributed by atoms with Crippen LogP contribution in [-0.2, 0) is 14.3 Å². The van der Waals surface area contributed by atoms with Crippen LogP contribution in [-0.4, -0.2) is 51.5 Å². The number of ether oxygens (including phenoxy) is 2. The smallest absolute Gasteiger partial charge is 0.261 e. The lowest BCUT2D eigenvalue weighted by Crippen LogP contribution is -2.35. The first-order chi connectivity index (χ1) is 12.6. The highest BCUT2D eigenvalue weighted by Crippen LogP contribution is 2.41. The summed E-state index contributed by atoms with van der Waals surface area (Å²) in [5.74, 6) is 0.618. The van der Waals surface area contributed by atoms with Crippen LogP contribution in [0.15, 0.2) is 23.9 Å². The lowest BCUT2D eigenvalue weighted by molar-refractivity contribution is -0.113. The number of carbonyl (C=O) groups excluding carboxylic acids is 1. The molecule has 2 saturated heterocycles. The summed E-state index contributed by atoms with van der Waals surface area (Å²) in [4.78, 5) is 15.0. The number of morpholine rings is 1. The molecule has 1 aromatic rings. The molecule has 0 bridgehead atoms. The first-order valence-corrected chi connectivity index (χ1v) is 9.49. The van der Waals surface area contributed by atoms with E-state index >= 15 is 0 Å². The number of benzene rings is 1. The number of fused-ring (bicyclic) bond motifs is 1. The highest BCUT2D eigenvalue weighted by atomic mass is 16.5. The Hall–Kier alpha value is -2.05. The summed E-state index contributed by atoms with van der Waals surface area (Å²) < 4.78 is 11.0. The van der Waals surface area contributed by atoms with Crippen molar-refractivity contribution in [3.05, 3.63) is 29.5 Å². The Morgan fingerprint density at radius 2 is 2.19 bits per heavy atom. The van der Waals surface area contributed by atoms with Gasteiger partial charge in [-0.3, -0.25) is 4.79 Å². The molecule has 3 heterocycles. The minimum Gasteiger partial charge on any atom is -0.385 e. The van der Waals surface area contributed by atoms with Crippen molar-refractivity contribution < 1.29 is 14.3 Å². The van der Waals surface area contributed by atoms with Crippen LogP contribution in [0.4, 0.5) is 11.4 Å². The second-order valence-electron chi connectivity index (χ2n) is 7.44. The molecule has 2 fully saturated rings. The summed E-state index contributed by atoms with van der Waals surface area (Å²) in [5.41, 5.74) is 4.66. The van der Waals surface area contributed by atoms with E-state index in [0.29, 0.717) is 19.1 Å². The molecular weight excluding hydrogens is 330 g/mol. The zero-order valence-electron chi connectivity index (χ0n) is 15.5. The number of hydrogen-bond donors (Lipinski definition) is 2. The summed E-state index contributed by atoms with van der Waals surface area (Å²) in [6.45, 7) is 8.56. The van der Waals surface area contributed by atoms with Gasteiger partial charge in [-0.25, -0.2) is 0 Å². The normalized spacial score (nSPS) is 25.6. The number of nitrogens with one attached hydrogen (secondary N) is 2. The van der Waals surface area contributed by atoms with Gasteiger partial charge < -0.3 is 25.0 Å². The van der Waals surface area contributed by atoms with E-state index < -0.39 is 0 Å². The molecule has 2 N–H and O–H groups in total. The van der Waals surface area contributed by atoms with Crippen LogP contribution in [0.5, 0.6) is 0 Å². The highest BCUT2D eigenvalue weighted by molar-refractivity contribution is 6.33. The van der Waals surface area contributed by atoms with Gasteiger partial charge in [0.15, 0.2) is 0 Å². The molecule has 1 amide bonds. The second kappa shape index (κ2) is 7.29. The van der Waals surface area contributed by atoms with Gasteiger partial charge in [-0.05, 0) is 38.5 Å². The van der Waals surface area contributed by atoms with Crippen molar-refractivity contribution in [3.8, 4) is 0 Å². The zero-order chi connectivity index (χ0) is 18.1. The molecule has 3 aliphatic rings. The average molecular weight is 357 g/mol. The van der Waals surface area contributed by atoms with Crippen molar-refractivity contribution in [2.75, 3.05) is 49.7 Å². The van der Waals surface area contributed by atoms with Crippen LogP contribution < -0.4 is 15.5 Å². The Bertz CT molecular complexity index is 715. The standard InChI is InChI=1S/C20H27N3O3/c1-13(2)23-18-4-3-15(22-10-14-5-7-25-11-14)9-16(18)19(20(23)24)17-12-26-8-6-21-17/h3-4,9,13-14,21-22H,5-8,10-12H2,1-2H3/b19-17-. The first kappa shape index (κ1) is 17.4. The van der Waals surface area contributed by atoms with Gasteiger partial charge in [0.25, 0.3) is 5.91 Å². The third kappa shape index (κ3) is 3.19. The van der Waals surface area contributed by atoms with Gasteiger partial charge in [0.1, 0.15) is 0 Å². The van der Waals surface area contributed by atoms with E-state index in [9.17, 15) is 4.79 Å². The lowest BCUT2D eigenvalue weighted by Gasteiger charge is -2.22. The molecule has 0 aromatic heterocycles. The van der Waals surface area contributed by atoms with Crippen molar-refractivity contribution in [1.29, 1.82) is 0 Å². The fourth-order valence-electron chi connectivity index (χ4n) is 3.87. The highest BCUT2D eigenvalue weighted by Gasteiger charge is 2.36. The van der Waals surface area contributed by atoms with Crippen molar-refractivity contribution in [1.82, 2.24) is 5.32 Å². The van der Waals surface area contributed by atoms with Crippen molar-refractivity contribution in [2.24, 2.45) is 5.92 Å². The first-order valence-electron chi connectivity index (χ1n) is 9.49. The van der Waals surface area contributed by atoms with Gasteiger partial charge in [-0.15, -0.1) is 0 Å². The molecule has 4 rings (SSSR count). The number of carbonyl (C=O) groups is 1. The number of amides is 1. The number of nitrogens with zero attached hydrogens (tertiary/aromatic N) is 1. The molecule has 0 spiro atoms. The Morgan fingerprint density at radius 3 is 2.88 bits per heavy atom. The molecule has 1 unspecified atom stereocenters. The summed E-state index contributed by atoms with van der Waals surface area (Å²) in [6, 6.07) is 6.33. The van der Waals surface area contributed by atoms with Crippen LogP contribution in [0.2, 0.25) is 0 Å².